The van der Waals surface area contributed by atoms with Crippen LogP contribution < -0.4 is 10.9 Å². The lowest BCUT2D eigenvalue weighted by molar-refractivity contribution is -0.119. The molecule has 0 spiro atoms. The third-order valence-corrected chi connectivity index (χ3v) is 6.90. The zero-order valence-corrected chi connectivity index (χ0v) is 19.4. The molecule has 28 heavy (non-hydrogen) atoms. The molecular weight excluding hydrogens is 390 g/mol. The highest BCUT2D eigenvalue weighted by molar-refractivity contribution is 7.99. The zero-order chi connectivity index (χ0) is 20.6. The molecule has 0 saturated heterocycles. The van der Waals surface area contributed by atoms with Crippen molar-refractivity contribution in [3.05, 3.63) is 20.8 Å². The number of carbonyl (C=O) groups excluding carboxylic acids is 1. The number of rotatable bonds is 5. The lowest BCUT2D eigenvalue weighted by Gasteiger charge is -2.20. The maximum atomic E-state index is 13.4. The highest BCUT2D eigenvalue weighted by Gasteiger charge is 2.25. The number of amides is 1. The molecular formula is C21H31N3O2S2. The van der Waals surface area contributed by atoms with Crippen LogP contribution in [0.1, 0.15) is 58.4 Å². The largest absolute Gasteiger partial charge is 0.351 e. The molecule has 2 aromatic rings. The fourth-order valence-electron chi connectivity index (χ4n) is 3.63. The predicted octanol–water partition coefficient (Wildman–Crippen LogP) is 4.25. The summed E-state index contributed by atoms with van der Waals surface area (Å²) in [6.07, 6.45) is 3.14. The highest BCUT2D eigenvalue weighted by Crippen LogP contribution is 2.36. The van der Waals surface area contributed by atoms with Gasteiger partial charge in [-0.3, -0.25) is 14.2 Å². The molecule has 1 aliphatic carbocycles. The van der Waals surface area contributed by atoms with Gasteiger partial charge in [-0.15, -0.1) is 11.3 Å². The summed E-state index contributed by atoms with van der Waals surface area (Å²) in [7, 11) is 0. The molecule has 0 fully saturated rings. The van der Waals surface area contributed by atoms with Gasteiger partial charge in [-0.25, -0.2) is 4.98 Å². The molecule has 154 valence electrons. The van der Waals surface area contributed by atoms with Crippen LogP contribution in [-0.2, 0) is 24.2 Å². The average molecular weight is 422 g/mol. The van der Waals surface area contributed by atoms with Gasteiger partial charge in [0.1, 0.15) is 4.83 Å². The standard InChI is InChI=1S/C21H31N3O2S2/c1-12(2)10-24-19(26)17-14-8-7-13(3)9-15(14)28-18(17)22-20(24)27-11-16(25)23-21(4,5)6/h12-13H,7-11H2,1-6H3,(H,23,25)/t13-/m0/s1. The van der Waals surface area contributed by atoms with E-state index >= 15 is 0 Å². The average Bonchev–Trinajstić information content (AvgIpc) is 2.91. The maximum Gasteiger partial charge on any atom is 0.263 e. The van der Waals surface area contributed by atoms with Crippen LogP contribution in [0.4, 0.5) is 0 Å². The molecule has 1 N–H and O–H groups in total. The van der Waals surface area contributed by atoms with E-state index in [-0.39, 0.29) is 22.8 Å². The van der Waals surface area contributed by atoms with E-state index in [9.17, 15) is 9.59 Å². The molecule has 1 amide bonds. The Bertz CT molecular complexity index is 938. The van der Waals surface area contributed by atoms with Crippen LogP contribution in [0.25, 0.3) is 10.2 Å². The molecule has 1 aliphatic rings. The van der Waals surface area contributed by atoms with Gasteiger partial charge in [-0.1, -0.05) is 32.5 Å². The molecule has 2 aromatic heterocycles. The van der Waals surface area contributed by atoms with Gasteiger partial charge in [0.15, 0.2) is 5.16 Å². The van der Waals surface area contributed by atoms with E-state index in [1.54, 1.807) is 15.9 Å². The Morgan fingerprint density at radius 3 is 2.75 bits per heavy atom. The molecule has 7 heteroatoms. The van der Waals surface area contributed by atoms with Crippen molar-refractivity contribution in [2.45, 2.75) is 78.0 Å². The van der Waals surface area contributed by atoms with Gasteiger partial charge in [-0.05, 0) is 57.4 Å². The second-order valence-corrected chi connectivity index (χ2v) is 11.3. The number of nitrogens with zero attached hydrogens (tertiary/aromatic N) is 2. The minimum absolute atomic E-state index is 0.0396. The topological polar surface area (TPSA) is 64.0 Å². The Balaban J connectivity index is 1.99. The van der Waals surface area contributed by atoms with Gasteiger partial charge in [0.25, 0.3) is 5.56 Å². The van der Waals surface area contributed by atoms with Gasteiger partial charge in [0, 0.05) is 17.0 Å². The fourth-order valence-corrected chi connectivity index (χ4v) is 5.86. The first-order valence-electron chi connectivity index (χ1n) is 10.0. The summed E-state index contributed by atoms with van der Waals surface area (Å²) in [6, 6.07) is 0. The molecule has 0 radical (unpaired) electrons. The lowest BCUT2D eigenvalue weighted by atomic mass is 9.89. The van der Waals surface area contributed by atoms with E-state index in [1.807, 2.05) is 20.8 Å². The smallest absolute Gasteiger partial charge is 0.263 e. The first-order valence-corrected chi connectivity index (χ1v) is 11.8. The maximum absolute atomic E-state index is 13.4. The second kappa shape index (κ2) is 8.19. The van der Waals surface area contributed by atoms with Crippen molar-refractivity contribution in [3.8, 4) is 0 Å². The van der Waals surface area contributed by atoms with Crippen molar-refractivity contribution in [2.24, 2.45) is 11.8 Å². The van der Waals surface area contributed by atoms with Crippen molar-refractivity contribution >= 4 is 39.2 Å². The number of nitrogens with one attached hydrogen (secondary N) is 1. The van der Waals surface area contributed by atoms with Crippen LogP contribution in [0.5, 0.6) is 0 Å². The molecule has 3 rings (SSSR count). The Morgan fingerprint density at radius 2 is 2.11 bits per heavy atom. The van der Waals surface area contributed by atoms with Crippen molar-refractivity contribution in [1.29, 1.82) is 0 Å². The molecule has 2 heterocycles. The van der Waals surface area contributed by atoms with E-state index in [2.05, 4.69) is 26.1 Å². The summed E-state index contributed by atoms with van der Waals surface area (Å²) in [5.41, 5.74) is 1.01. The normalized spacial score (nSPS) is 17.2. The Labute approximate surface area is 175 Å². The number of carbonyl (C=O) groups is 1. The van der Waals surface area contributed by atoms with Gasteiger partial charge < -0.3 is 5.32 Å². The number of hydrogen-bond donors (Lipinski definition) is 1. The molecule has 0 aliphatic heterocycles. The molecule has 0 saturated carbocycles. The van der Waals surface area contributed by atoms with Crippen LogP contribution in [0.15, 0.2) is 9.95 Å². The van der Waals surface area contributed by atoms with Crippen molar-refractivity contribution < 1.29 is 4.79 Å². The zero-order valence-electron chi connectivity index (χ0n) is 17.7. The number of thioether (sulfide) groups is 1. The Morgan fingerprint density at radius 1 is 1.39 bits per heavy atom. The SMILES string of the molecule is CC(C)Cn1c(SCC(=O)NC(C)(C)C)nc2sc3c(c2c1=O)CC[C@H](C)C3. The molecule has 5 nitrogen and oxygen atoms in total. The summed E-state index contributed by atoms with van der Waals surface area (Å²) in [5, 5.41) is 4.44. The quantitative estimate of drug-likeness (QED) is 0.579. The summed E-state index contributed by atoms with van der Waals surface area (Å²) in [6.45, 7) is 13.0. The predicted molar refractivity (Wildman–Crippen MR) is 119 cm³/mol. The van der Waals surface area contributed by atoms with Gasteiger partial charge in [0.05, 0.1) is 11.1 Å². The first kappa shape index (κ1) is 21.4. The van der Waals surface area contributed by atoms with Crippen LogP contribution in [0.3, 0.4) is 0 Å². The van der Waals surface area contributed by atoms with Gasteiger partial charge >= 0.3 is 0 Å². The van der Waals surface area contributed by atoms with Crippen LogP contribution in [-0.4, -0.2) is 26.8 Å². The van der Waals surface area contributed by atoms with Crippen LogP contribution in [0.2, 0.25) is 0 Å². The van der Waals surface area contributed by atoms with Crippen molar-refractivity contribution in [2.75, 3.05) is 5.75 Å². The van der Waals surface area contributed by atoms with E-state index in [0.717, 1.165) is 29.5 Å². The number of thiophene rings is 1. The molecule has 0 aromatic carbocycles. The second-order valence-electron chi connectivity index (χ2n) is 9.32. The van der Waals surface area contributed by atoms with E-state index in [4.69, 9.17) is 4.98 Å². The number of aryl methyl sites for hydroxylation is 1. The fraction of sp³-hybridized carbons (Fsp3) is 0.667. The minimum atomic E-state index is -0.268. The summed E-state index contributed by atoms with van der Waals surface area (Å²) >= 11 is 3.03. The first-order chi connectivity index (χ1) is 13.0. The summed E-state index contributed by atoms with van der Waals surface area (Å²) in [4.78, 5) is 32.7. The number of aromatic nitrogens is 2. The molecule has 1 atom stereocenters. The monoisotopic (exact) mass is 421 g/mol. The third-order valence-electron chi connectivity index (χ3n) is 4.77. The molecule has 0 bridgehead atoms. The summed E-state index contributed by atoms with van der Waals surface area (Å²) in [5.74, 6) is 1.21. The van der Waals surface area contributed by atoms with E-state index < -0.39 is 0 Å². The lowest BCUT2D eigenvalue weighted by Crippen LogP contribution is -2.41. The molecule has 0 unspecified atom stereocenters. The third kappa shape index (κ3) is 4.79. The number of hydrogen-bond acceptors (Lipinski definition) is 5. The minimum Gasteiger partial charge on any atom is -0.351 e. The Kier molecular flexibility index (Phi) is 6.25. The van der Waals surface area contributed by atoms with Crippen LogP contribution in [0, 0.1) is 11.8 Å². The van der Waals surface area contributed by atoms with Crippen LogP contribution >= 0.6 is 23.1 Å². The van der Waals surface area contributed by atoms with Gasteiger partial charge in [-0.2, -0.15) is 0 Å². The van der Waals surface area contributed by atoms with Gasteiger partial charge in [0.2, 0.25) is 5.91 Å². The van der Waals surface area contributed by atoms with E-state index in [1.165, 1.54) is 22.2 Å². The highest BCUT2D eigenvalue weighted by atomic mass is 32.2. The van der Waals surface area contributed by atoms with Crippen molar-refractivity contribution in [3.63, 3.8) is 0 Å². The van der Waals surface area contributed by atoms with E-state index in [0.29, 0.717) is 23.5 Å². The Hall–Kier alpha value is -1.34. The summed E-state index contributed by atoms with van der Waals surface area (Å²) < 4.78 is 1.78. The number of fused-ring (bicyclic) bond motifs is 3. The van der Waals surface area contributed by atoms with Crippen molar-refractivity contribution in [1.82, 2.24) is 14.9 Å².